The van der Waals surface area contributed by atoms with Crippen molar-refractivity contribution < 1.29 is 9.18 Å². The number of hydrogen-bond acceptors (Lipinski definition) is 2. The van der Waals surface area contributed by atoms with Crippen molar-refractivity contribution in [3.63, 3.8) is 0 Å². The molecule has 0 fully saturated rings. The number of hydrogen-bond donors (Lipinski definition) is 0. The molecule has 0 aliphatic heterocycles. The molecule has 1 nitrogen and oxygen atoms in total. The fourth-order valence-electron chi connectivity index (χ4n) is 1.38. The van der Waals surface area contributed by atoms with E-state index in [0.29, 0.717) is 17.4 Å². The average molecular weight is 240 g/mol. The first kappa shape index (κ1) is 13.2. The minimum atomic E-state index is -0.245. The van der Waals surface area contributed by atoms with Gasteiger partial charge in [-0.05, 0) is 35.4 Å². The number of rotatable bonds is 5. The van der Waals surface area contributed by atoms with Crippen LogP contribution in [0.25, 0.3) is 0 Å². The fourth-order valence-corrected chi connectivity index (χ4v) is 2.00. The maximum Gasteiger partial charge on any atom is 0.147 e. The lowest BCUT2D eigenvalue weighted by Crippen LogP contribution is -2.08. The van der Waals surface area contributed by atoms with E-state index in [-0.39, 0.29) is 11.6 Å². The van der Waals surface area contributed by atoms with Crippen molar-refractivity contribution in [2.45, 2.75) is 32.4 Å². The van der Waals surface area contributed by atoms with Crippen molar-refractivity contribution in [1.29, 1.82) is 0 Å². The maximum absolute atomic E-state index is 12.8. The van der Waals surface area contributed by atoms with Crippen LogP contribution in [0.4, 0.5) is 4.39 Å². The lowest BCUT2D eigenvalue weighted by molar-refractivity contribution is -0.116. The second kappa shape index (κ2) is 6.04. The third-order valence-electron chi connectivity index (χ3n) is 2.27. The van der Waals surface area contributed by atoms with Crippen molar-refractivity contribution in [3.8, 4) is 0 Å². The van der Waals surface area contributed by atoms with Gasteiger partial charge in [0.05, 0.1) is 5.75 Å². The zero-order chi connectivity index (χ0) is 12.1. The average Bonchev–Trinajstić information content (AvgIpc) is 2.19. The first-order valence-electron chi connectivity index (χ1n) is 5.37. The fraction of sp³-hybridized carbons (Fsp3) is 0.462. The SMILES string of the molecule is Cc1cc(F)ccc1CC(=O)CSC(C)C. The number of Topliss-reactive ketones (excluding diaryl/α,β-unsaturated/α-hetero) is 1. The minimum absolute atomic E-state index is 0.202. The van der Waals surface area contributed by atoms with Gasteiger partial charge in [0.1, 0.15) is 11.6 Å². The molecule has 0 radical (unpaired) electrons. The summed E-state index contributed by atoms with van der Waals surface area (Å²) < 4.78 is 12.8. The first-order chi connectivity index (χ1) is 7.49. The molecule has 0 spiro atoms. The molecule has 0 unspecified atom stereocenters. The molecule has 0 aromatic heterocycles. The Balaban J connectivity index is 2.56. The van der Waals surface area contributed by atoms with Crippen LogP contribution >= 0.6 is 11.8 Å². The Labute approximate surface area is 100 Å². The molecule has 1 aromatic carbocycles. The molecular formula is C13H17FOS. The van der Waals surface area contributed by atoms with Crippen LogP contribution < -0.4 is 0 Å². The lowest BCUT2D eigenvalue weighted by Gasteiger charge is -2.06. The molecule has 0 atom stereocenters. The van der Waals surface area contributed by atoms with Crippen molar-refractivity contribution in [2.75, 3.05) is 5.75 Å². The quantitative estimate of drug-likeness (QED) is 0.784. The second-order valence-corrected chi connectivity index (χ2v) is 5.71. The zero-order valence-electron chi connectivity index (χ0n) is 9.92. The molecule has 0 bridgehead atoms. The molecule has 0 aliphatic rings. The van der Waals surface area contributed by atoms with Gasteiger partial charge in [0.15, 0.2) is 0 Å². The molecule has 0 aliphatic carbocycles. The van der Waals surface area contributed by atoms with Crippen molar-refractivity contribution >= 4 is 17.5 Å². The van der Waals surface area contributed by atoms with Crippen LogP contribution in [-0.4, -0.2) is 16.8 Å². The van der Waals surface area contributed by atoms with Gasteiger partial charge in [-0.15, -0.1) is 0 Å². The highest BCUT2D eigenvalue weighted by molar-refractivity contribution is 8.00. The van der Waals surface area contributed by atoms with E-state index in [0.717, 1.165) is 11.1 Å². The third-order valence-corrected chi connectivity index (χ3v) is 3.43. The highest BCUT2D eigenvalue weighted by atomic mass is 32.2. The Bertz CT molecular complexity index is 374. The molecule has 0 saturated heterocycles. The first-order valence-corrected chi connectivity index (χ1v) is 6.42. The van der Waals surface area contributed by atoms with Crippen LogP contribution in [0, 0.1) is 12.7 Å². The van der Waals surface area contributed by atoms with Gasteiger partial charge in [0, 0.05) is 6.42 Å². The molecule has 16 heavy (non-hydrogen) atoms. The molecule has 1 rings (SSSR count). The summed E-state index contributed by atoms with van der Waals surface area (Å²) in [6.45, 7) is 5.98. The van der Waals surface area contributed by atoms with Gasteiger partial charge in [0.25, 0.3) is 0 Å². The normalized spacial score (nSPS) is 10.8. The van der Waals surface area contributed by atoms with E-state index < -0.39 is 0 Å². The number of benzene rings is 1. The number of ketones is 1. The van der Waals surface area contributed by atoms with Gasteiger partial charge in [-0.2, -0.15) is 11.8 Å². The van der Waals surface area contributed by atoms with E-state index in [1.54, 1.807) is 17.8 Å². The summed E-state index contributed by atoms with van der Waals surface area (Å²) in [5, 5.41) is 0.471. The topological polar surface area (TPSA) is 17.1 Å². The van der Waals surface area contributed by atoms with Gasteiger partial charge in [0.2, 0.25) is 0 Å². The van der Waals surface area contributed by atoms with E-state index >= 15 is 0 Å². The van der Waals surface area contributed by atoms with Crippen LogP contribution in [0.5, 0.6) is 0 Å². The van der Waals surface area contributed by atoms with Gasteiger partial charge >= 0.3 is 0 Å². The predicted molar refractivity (Wildman–Crippen MR) is 67.4 cm³/mol. The summed E-state index contributed by atoms with van der Waals surface area (Å²) in [5.74, 6) is 0.493. The Morgan fingerprint density at radius 3 is 2.69 bits per heavy atom. The monoisotopic (exact) mass is 240 g/mol. The summed E-state index contributed by atoms with van der Waals surface area (Å²) in [6, 6.07) is 4.58. The van der Waals surface area contributed by atoms with Crippen molar-refractivity contribution in [2.24, 2.45) is 0 Å². The minimum Gasteiger partial charge on any atom is -0.298 e. The highest BCUT2D eigenvalue weighted by Crippen LogP contribution is 2.14. The zero-order valence-corrected chi connectivity index (χ0v) is 10.7. The molecular weight excluding hydrogens is 223 g/mol. The highest BCUT2D eigenvalue weighted by Gasteiger charge is 2.08. The summed E-state index contributed by atoms with van der Waals surface area (Å²) >= 11 is 1.64. The van der Waals surface area contributed by atoms with Gasteiger partial charge in [-0.3, -0.25) is 4.79 Å². The van der Waals surface area contributed by atoms with Gasteiger partial charge in [-0.25, -0.2) is 4.39 Å². The number of thioether (sulfide) groups is 1. The third kappa shape index (κ3) is 4.35. The largest absolute Gasteiger partial charge is 0.298 e. The number of aryl methyl sites for hydroxylation is 1. The number of carbonyl (C=O) groups excluding carboxylic acids is 1. The lowest BCUT2D eigenvalue weighted by atomic mass is 10.0. The Hall–Kier alpha value is -0.830. The second-order valence-electron chi connectivity index (χ2n) is 4.15. The van der Waals surface area contributed by atoms with E-state index in [1.165, 1.54) is 12.1 Å². The van der Waals surface area contributed by atoms with Crippen LogP contribution in [0.2, 0.25) is 0 Å². The molecule has 0 amide bonds. The van der Waals surface area contributed by atoms with Crippen LogP contribution in [0.3, 0.4) is 0 Å². The molecule has 3 heteroatoms. The summed E-state index contributed by atoms with van der Waals surface area (Å²) in [5.41, 5.74) is 1.78. The Morgan fingerprint density at radius 1 is 1.44 bits per heavy atom. The van der Waals surface area contributed by atoms with E-state index in [9.17, 15) is 9.18 Å². The van der Waals surface area contributed by atoms with Gasteiger partial charge in [-0.1, -0.05) is 19.9 Å². The van der Waals surface area contributed by atoms with Gasteiger partial charge < -0.3 is 0 Å². The van der Waals surface area contributed by atoms with Crippen LogP contribution in [-0.2, 0) is 11.2 Å². The molecule has 88 valence electrons. The molecule has 1 aromatic rings. The predicted octanol–water partition coefficient (Wildman–Crippen LogP) is 3.39. The van der Waals surface area contributed by atoms with Crippen LogP contribution in [0.1, 0.15) is 25.0 Å². The van der Waals surface area contributed by atoms with Crippen molar-refractivity contribution in [1.82, 2.24) is 0 Å². The summed E-state index contributed by atoms with van der Waals surface area (Å²) in [7, 11) is 0. The Morgan fingerprint density at radius 2 is 2.12 bits per heavy atom. The van der Waals surface area contributed by atoms with Crippen LogP contribution in [0.15, 0.2) is 18.2 Å². The number of halogens is 1. The van der Waals surface area contributed by atoms with E-state index in [2.05, 4.69) is 13.8 Å². The van der Waals surface area contributed by atoms with E-state index in [4.69, 9.17) is 0 Å². The smallest absolute Gasteiger partial charge is 0.147 e. The Kier molecular flexibility index (Phi) is 5.00. The summed E-state index contributed by atoms with van der Waals surface area (Å²) in [4.78, 5) is 11.6. The van der Waals surface area contributed by atoms with E-state index in [1.807, 2.05) is 6.92 Å². The van der Waals surface area contributed by atoms with Crippen molar-refractivity contribution in [3.05, 3.63) is 35.1 Å². The maximum atomic E-state index is 12.8. The standard InChI is InChI=1S/C13H17FOS/c1-9(2)16-8-13(15)7-11-4-5-12(14)6-10(11)3/h4-6,9H,7-8H2,1-3H3. The molecule has 0 N–H and O–H groups in total. The summed E-state index contributed by atoms with van der Waals surface area (Å²) in [6.07, 6.45) is 0.409. The molecule has 0 heterocycles. The molecule has 0 saturated carbocycles. The number of carbonyl (C=O) groups is 1.